The largest absolute Gasteiger partial charge is 0.476 e. The van der Waals surface area contributed by atoms with Crippen molar-refractivity contribution in [3.63, 3.8) is 0 Å². The molecule has 1 heterocycles. The maximum Gasteiger partial charge on any atom is 0.356 e. The molecule has 0 aliphatic rings. The fraction of sp³-hybridized carbons (Fsp3) is 0.0909. The van der Waals surface area contributed by atoms with Crippen LogP contribution in [0.25, 0.3) is 5.69 Å². The van der Waals surface area contributed by atoms with Crippen molar-refractivity contribution in [2.45, 2.75) is 6.92 Å². The molecular formula is C11H8ClN3O4. The molecule has 0 atom stereocenters. The molecule has 8 heteroatoms. The van der Waals surface area contributed by atoms with Crippen LogP contribution in [0.4, 0.5) is 5.69 Å². The molecule has 1 N–H and O–H groups in total. The Hall–Kier alpha value is -2.41. The van der Waals surface area contributed by atoms with Gasteiger partial charge in [0.1, 0.15) is 5.69 Å². The Morgan fingerprint density at radius 2 is 2.21 bits per heavy atom. The molecule has 98 valence electrons. The molecule has 0 amide bonds. The molecule has 0 saturated heterocycles. The van der Waals surface area contributed by atoms with Gasteiger partial charge in [-0.05, 0) is 19.1 Å². The van der Waals surface area contributed by atoms with E-state index >= 15 is 0 Å². The summed E-state index contributed by atoms with van der Waals surface area (Å²) < 4.78 is 1.16. The van der Waals surface area contributed by atoms with Gasteiger partial charge in [-0.2, -0.15) is 5.10 Å². The lowest BCUT2D eigenvalue weighted by Crippen LogP contribution is -2.04. The molecular weight excluding hydrogens is 274 g/mol. The third-order valence-electron chi connectivity index (χ3n) is 2.48. The van der Waals surface area contributed by atoms with Gasteiger partial charge in [0.25, 0.3) is 5.69 Å². The number of benzene rings is 1. The molecule has 0 saturated carbocycles. The second-order valence-electron chi connectivity index (χ2n) is 3.80. The van der Waals surface area contributed by atoms with E-state index in [2.05, 4.69) is 5.10 Å². The van der Waals surface area contributed by atoms with Crippen molar-refractivity contribution in [1.82, 2.24) is 9.78 Å². The first-order valence-corrected chi connectivity index (χ1v) is 5.52. The minimum absolute atomic E-state index is 0.149. The van der Waals surface area contributed by atoms with Crippen LogP contribution in [0.3, 0.4) is 0 Å². The van der Waals surface area contributed by atoms with Crippen molar-refractivity contribution in [2.75, 3.05) is 0 Å². The van der Waals surface area contributed by atoms with E-state index in [0.717, 1.165) is 4.68 Å². The Labute approximate surface area is 112 Å². The number of nitro groups is 1. The number of nitro benzene ring substituents is 1. The maximum atomic E-state index is 11.0. The SMILES string of the molecule is Cc1cn(-c2ccc(Cl)cc2[N+](=O)[O-])nc1C(=O)O. The van der Waals surface area contributed by atoms with Crippen LogP contribution in [-0.4, -0.2) is 25.8 Å². The molecule has 0 radical (unpaired) electrons. The number of halogens is 1. The quantitative estimate of drug-likeness (QED) is 0.688. The molecule has 19 heavy (non-hydrogen) atoms. The molecule has 2 rings (SSSR count). The summed E-state index contributed by atoms with van der Waals surface area (Å²) in [6.45, 7) is 1.56. The molecule has 0 unspecified atom stereocenters. The molecule has 2 aromatic rings. The van der Waals surface area contributed by atoms with E-state index in [1.807, 2.05) is 0 Å². The number of carboxylic acids is 1. The minimum Gasteiger partial charge on any atom is -0.476 e. The van der Waals surface area contributed by atoms with Gasteiger partial charge in [0, 0.05) is 22.8 Å². The smallest absolute Gasteiger partial charge is 0.356 e. The zero-order valence-corrected chi connectivity index (χ0v) is 10.5. The number of aromatic carboxylic acids is 1. The minimum atomic E-state index is -1.19. The second kappa shape index (κ2) is 4.69. The number of rotatable bonds is 3. The topological polar surface area (TPSA) is 98.3 Å². The molecule has 7 nitrogen and oxygen atoms in total. The van der Waals surface area contributed by atoms with Crippen LogP contribution in [0.1, 0.15) is 16.1 Å². The summed E-state index contributed by atoms with van der Waals surface area (Å²) in [6, 6.07) is 4.08. The summed E-state index contributed by atoms with van der Waals surface area (Å²) >= 11 is 5.71. The molecule has 0 aliphatic carbocycles. The summed E-state index contributed by atoms with van der Waals surface area (Å²) in [6.07, 6.45) is 1.42. The zero-order chi connectivity index (χ0) is 14.2. The van der Waals surface area contributed by atoms with Crippen molar-refractivity contribution >= 4 is 23.3 Å². The first-order valence-electron chi connectivity index (χ1n) is 5.14. The standard InChI is InChI=1S/C11H8ClN3O4/c1-6-5-14(13-10(6)11(16)17)8-3-2-7(12)4-9(8)15(18)19/h2-5H,1H3,(H,16,17). The van der Waals surface area contributed by atoms with Crippen molar-refractivity contribution in [3.05, 3.63) is 50.8 Å². The van der Waals surface area contributed by atoms with Gasteiger partial charge in [0.2, 0.25) is 0 Å². The van der Waals surface area contributed by atoms with Crippen LogP contribution < -0.4 is 0 Å². The summed E-state index contributed by atoms with van der Waals surface area (Å²) in [5.74, 6) is -1.19. The Balaban J connectivity index is 2.62. The second-order valence-corrected chi connectivity index (χ2v) is 4.24. The summed E-state index contributed by atoms with van der Waals surface area (Å²) in [7, 11) is 0. The van der Waals surface area contributed by atoms with E-state index in [0.29, 0.717) is 5.56 Å². The summed E-state index contributed by atoms with van der Waals surface area (Å²) in [5.41, 5.74) is 0.179. The number of carbonyl (C=O) groups is 1. The summed E-state index contributed by atoms with van der Waals surface area (Å²) in [4.78, 5) is 21.3. The average Bonchev–Trinajstić information content (AvgIpc) is 2.71. The Morgan fingerprint density at radius 1 is 1.53 bits per heavy atom. The molecule has 0 bridgehead atoms. The van der Waals surface area contributed by atoms with Gasteiger partial charge in [-0.3, -0.25) is 10.1 Å². The van der Waals surface area contributed by atoms with Crippen molar-refractivity contribution in [3.8, 4) is 5.69 Å². The molecule has 0 fully saturated rings. The number of carboxylic acid groups (broad SMARTS) is 1. The van der Waals surface area contributed by atoms with Gasteiger partial charge in [-0.15, -0.1) is 0 Å². The highest BCUT2D eigenvalue weighted by Crippen LogP contribution is 2.26. The molecule has 0 aliphatic heterocycles. The van der Waals surface area contributed by atoms with Gasteiger partial charge >= 0.3 is 5.97 Å². The van der Waals surface area contributed by atoms with E-state index in [9.17, 15) is 14.9 Å². The zero-order valence-electron chi connectivity index (χ0n) is 9.70. The van der Waals surface area contributed by atoms with Crippen LogP contribution in [0.15, 0.2) is 24.4 Å². The van der Waals surface area contributed by atoms with Gasteiger partial charge in [-0.25, -0.2) is 9.48 Å². The monoisotopic (exact) mass is 281 g/mol. The lowest BCUT2D eigenvalue weighted by atomic mass is 10.2. The Morgan fingerprint density at radius 3 is 2.74 bits per heavy atom. The highest BCUT2D eigenvalue weighted by atomic mass is 35.5. The van der Waals surface area contributed by atoms with Crippen LogP contribution in [0, 0.1) is 17.0 Å². The predicted octanol–water partition coefficient (Wildman–Crippen LogP) is 2.44. The first kappa shape index (κ1) is 13.0. The van der Waals surface area contributed by atoms with E-state index in [1.165, 1.54) is 24.4 Å². The Bertz CT molecular complexity index is 681. The van der Waals surface area contributed by atoms with Gasteiger partial charge in [0.15, 0.2) is 5.69 Å². The van der Waals surface area contributed by atoms with Crippen LogP contribution >= 0.6 is 11.6 Å². The molecule has 1 aromatic heterocycles. The van der Waals surface area contributed by atoms with Gasteiger partial charge in [-0.1, -0.05) is 11.6 Å². The van der Waals surface area contributed by atoms with Crippen LogP contribution in [-0.2, 0) is 0 Å². The third-order valence-corrected chi connectivity index (χ3v) is 2.72. The fourth-order valence-corrected chi connectivity index (χ4v) is 1.80. The van der Waals surface area contributed by atoms with Crippen molar-refractivity contribution < 1.29 is 14.8 Å². The van der Waals surface area contributed by atoms with Crippen molar-refractivity contribution in [1.29, 1.82) is 0 Å². The van der Waals surface area contributed by atoms with E-state index < -0.39 is 10.9 Å². The van der Waals surface area contributed by atoms with Crippen molar-refractivity contribution in [2.24, 2.45) is 0 Å². The number of aryl methyl sites for hydroxylation is 1. The van der Waals surface area contributed by atoms with Crippen LogP contribution in [0.5, 0.6) is 0 Å². The highest BCUT2D eigenvalue weighted by Gasteiger charge is 2.19. The lowest BCUT2D eigenvalue weighted by molar-refractivity contribution is -0.384. The number of nitrogens with zero attached hydrogens (tertiary/aromatic N) is 3. The molecule has 1 aromatic carbocycles. The number of aromatic nitrogens is 2. The van der Waals surface area contributed by atoms with E-state index in [1.54, 1.807) is 6.92 Å². The van der Waals surface area contributed by atoms with E-state index in [-0.39, 0.29) is 22.1 Å². The number of hydrogen-bond donors (Lipinski definition) is 1. The maximum absolute atomic E-state index is 11.0. The van der Waals surface area contributed by atoms with Gasteiger partial charge in [0.05, 0.1) is 4.92 Å². The normalized spacial score (nSPS) is 10.4. The molecule has 0 spiro atoms. The summed E-state index contributed by atoms with van der Waals surface area (Å²) in [5, 5.41) is 23.9. The number of hydrogen-bond acceptors (Lipinski definition) is 4. The third kappa shape index (κ3) is 2.41. The van der Waals surface area contributed by atoms with Gasteiger partial charge < -0.3 is 5.11 Å². The van der Waals surface area contributed by atoms with E-state index in [4.69, 9.17) is 16.7 Å². The van der Waals surface area contributed by atoms with Crippen LogP contribution in [0.2, 0.25) is 5.02 Å². The predicted molar refractivity (Wildman–Crippen MR) is 66.9 cm³/mol. The fourth-order valence-electron chi connectivity index (χ4n) is 1.63. The average molecular weight is 282 g/mol. The Kier molecular flexibility index (Phi) is 3.22. The lowest BCUT2D eigenvalue weighted by Gasteiger charge is -2.02. The highest BCUT2D eigenvalue weighted by molar-refractivity contribution is 6.30. The first-order chi connectivity index (χ1) is 8.90.